The van der Waals surface area contributed by atoms with Crippen LogP contribution in [-0.4, -0.2) is 10.1 Å². The van der Waals surface area contributed by atoms with Crippen LogP contribution >= 0.6 is 11.6 Å². The summed E-state index contributed by atoms with van der Waals surface area (Å²) < 4.78 is 0. The lowest BCUT2D eigenvalue weighted by atomic mass is 9.97. The molecule has 0 radical (unpaired) electrons. The molecule has 0 fully saturated rings. The Hall–Kier alpha value is -0.760. The van der Waals surface area contributed by atoms with Gasteiger partial charge in [-0.25, -0.2) is 4.98 Å². The topological polar surface area (TPSA) is 33.1 Å². The van der Waals surface area contributed by atoms with Gasteiger partial charge in [0.05, 0.1) is 0 Å². The zero-order valence-electron chi connectivity index (χ0n) is 8.09. The molecule has 0 bridgehead atoms. The van der Waals surface area contributed by atoms with E-state index < -0.39 is 0 Å². The molecular weight excluding hydrogens is 198 g/mol. The fourth-order valence-corrected chi connectivity index (χ4v) is 2.11. The first kappa shape index (κ1) is 9.78. The Morgan fingerprint density at radius 1 is 1.14 bits per heavy atom. The molecule has 2 rings (SSSR count). The van der Waals surface area contributed by atoms with Crippen LogP contribution < -0.4 is 0 Å². The van der Waals surface area contributed by atoms with Gasteiger partial charge in [-0.3, -0.25) is 0 Å². The zero-order valence-corrected chi connectivity index (χ0v) is 8.85. The lowest BCUT2D eigenvalue weighted by Crippen LogP contribution is -2.02. The second-order valence-electron chi connectivity index (χ2n) is 3.82. The van der Waals surface area contributed by atoms with E-state index in [-0.39, 0.29) is 10.9 Å². The van der Waals surface area contributed by atoms with Crippen molar-refractivity contribution in [2.24, 2.45) is 0 Å². The minimum atomic E-state index is 0.117. The molecule has 76 valence electrons. The van der Waals surface area contributed by atoms with Gasteiger partial charge in [-0.1, -0.05) is 24.4 Å². The molecule has 1 aromatic rings. The van der Waals surface area contributed by atoms with Crippen molar-refractivity contribution in [3.8, 4) is 5.75 Å². The third-order valence-electron chi connectivity index (χ3n) is 2.74. The van der Waals surface area contributed by atoms with Gasteiger partial charge in [0.2, 0.25) is 0 Å². The highest BCUT2D eigenvalue weighted by Gasteiger charge is 2.11. The Balaban J connectivity index is 2.35. The van der Waals surface area contributed by atoms with E-state index in [1.54, 1.807) is 6.07 Å². The highest BCUT2D eigenvalue weighted by Crippen LogP contribution is 2.27. The van der Waals surface area contributed by atoms with Gasteiger partial charge in [-0.15, -0.1) is 0 Å². The third kappa shape index (κ3) is 2.01. The van der Waals surface area contributed by atoms with E-state index in [1.807, 2.05) is 0 Å². The summed E-state index contributed by atoms with van der Waals surface area (Å²) in [6.07, 6.45) is 6.95. The normalized spacial score (nSPS) is 16.9. The number of aromatic nitrogens is 1. The molecule has 14 heavy (non-hydrogen) atoms. The number of aryl methyl sites for hydroxylation is 2. The Kier molecular flexibility index (Phi) is 2.92. The van der Waals surface area contributed by atoms with E-state index in [1.165, 1.54) is 31.2 Å². The highest BCUT2D eigenvalue weighted by molar-refractivity contribution is 6.30. The molecule has 1 aliphatic carbocycles. The monoisotopic (exact) mass is 211 g/mol. The predicted octanol–water partition coefficient (Wildman–Crippen LogP) is 3.10. The molecule has 0 unspecified atom stereocenters. The van der Waals surface area contributed by atoms with E-state index in [0.717, 1.165) is 18.5 Å². The fraction of sp³-hybridized carbons (Fsp3) is 0.545. The van der Waals surface area contributed by atoms with Crippen LogP contribution in [0.5, 0.6) is 5.75 Å². The summed E-state index contributed by atoms with van der Waals surface area (Å²) in [5.74, 6) is 0.117. The average Bonchev–Trinajstić information content (AvgIpc) is 2.13. The minimum Gasteiger partial charge on any atom is -0.505 e. The van der Waals surface area contributed by atoms with E-state index in [2.05, 4.69) is 4.98 Å². The number of fused-ring (bicyclic) bond motifs is 1. The Bertz CT molecular complexity index is 305. The van der Waals surface area contributed by atoms with Crippen molar-refractivity contribution in [1.82, 2.24) is 4.98 Å². The molecule has 0 amide bonds. The van der Waals surface area contributed by atoms with Crippen LogP contribution in [0.25, 0.3) is 0 Å². The molecule has 0 atom stereocenters. The van der Waals surface area contributed by atoms with Crippen LogP contribution in [0.3, 0.4) is 0 Å². The van der Waals surface area contributed by atoms with Crippen LogP contribution in [0.2, 0.25) is 5.15 Å². The summed E-state index contributed by atoms with van der Waals surface area (Å²) >= 11 is 5.78. The van der Waals surface area contributed by atoms with Gasteiger partial charge >= 0.3 is 0 Å². The fourth-order valence-electron chi connectivity index (χ4n) is 1.95. The number of hydrogen-bond donors (Lipinski definition) is 1. The SMILES string of the molecule is Oc1cc2c(nc1Cl)CCCCCC2. The molecule has 1 N–H and O–H groups in total. The van der Waals surface area contributed by atoms with Crippen LogP contribution in [0.1, 0.15) is 36.9 Å². The molecule has 2 nitrogen and oxygen atoms in total. The molecule has 1 heterocycles. The van der Waals surface area contributed by atoms with Gasteiger partial charge in [0.25, 0.3) is 0 Å². The number of nitrogens with zero attached hydrogens (tertiary/aromatic N) is 1. The van der Waals surface area contributed by atoms with Crippen molar-refractivity contribution < 1.29 is 5.11 Å². The number of rotatable bonds is 0. The first-order chi connectivity index (χ1) is 6.77. The lowest BCUT2D eigenvalue weighted by Gasteiger charge is -2.13. The summed E-state index contributed by atoms with van der Waals surface area (Å²) in [7, 11) is 0. The van der Waals surface area contributed by atoms with E-state index in [9.17, 15) is 5.11 Å². The van der Waals surface area contributed by atoms with E-state index >= 15 is 0 Å². The largest absolute Gasteiger partial charge is 0.505 e. The van der Waals surface area contributed by atoms with Crippen molar-refractivity contribution >= 4 is 11.6 Å². The van der Waals surface area contributed by atoms with Gasteiger partial charge in [0, 0.05) is 5.69 Å². The maximum atomic E-state index is 9.44. The van der Waals surface area contributed by atoms with Gasteiger partial charge < -0.3 is 5.11 Å². The first-order valence-electron chi connectivity index (χ1n) is 5.14. The van der Waals surface area contributed by atoms with E-state index in [0.29, 0.717) is 0 Å². The quantitative estimate of drug-likeness (QED) is 0.669. The molecule has 1 aromatic heterocycles. The molecule has 0 saturated heterocycles. The zero-order chi connectivity index (χ0) is 9.97. The van der Waals surface area contributed by atoms with Crippen molar-refractivity contribution in [2.45, 2.75) is 38.5 Å². The Morgan fingerprint density at radius 3 is 2.64 bits per heavy atom. The van der Waals surface area contributed by atoms with Crippen molar-refractivity contribution in [1.29, 1.82) is 0 Å². The second kappa shape index (κ2) is 4.18. The second-order valence-corrected chi connectivity index (χ2v) is 4.18. The van der Waals surface area contributed by atoms with Gasteiger partial charge in [-0.05, 0) is 37.3 Å². The van der Waals surface area contributed by atoms with Crippen LogP contribution in [0.4, 0.5) is 0 Å². The maximum Gasteiger partial charge on any atom is 0.171 e. The van der Waals surface area contributed by atoms with Crippen LogP contribution in [0, 0.1) is 0 Å². The van der Waals surface area contributed by atoms with Crippen LogP contribution in [0.15, 0.2) is 6.07 Å². The molecule has 1 aliphatic rings. The molecule has 0 saturated carbocycles. The van der Waals surface area contributed by atoms with Crippen molar-refractivity contribution in [2.75, 3.05) is 0 Å². The summed E-state index contributed by atoms with van der Waals surface area (Å²) in [6.45, 7) is 0. The summed E-state index contributed by atoms with van der Waals surface area (Å²) in [4.78, 5) is 4.23. The molecule has 0 aliphatic heterocycles. The summed E-state index contributed by atoms with van der Waals surface area (Å²) in [5.41, 5.74) is 2.25. The van der Waals surface area contributed by atoms with Gasteiger partial charge in [0.15, 0.2) is 10.9 Å². The Morgan fingerprint density at radius 2 is 1.86 bits per heavy atom. The molecule has 0 aromatic carbocycles. The van der Waals surface area contributed by atoms with Crippen molar-refractivity contribution in [3.05, 3.63) is 22.5 Å². The standard InChI is InChI=1S/C11H14ClNO/c12-11-10(14)7-8-5-3-1-2-4-6-9(8)13-11/h7,14H,1-6H2. The minimum absolute atomic E-state index is 0.117. The van der Waals surface area contributed by atoms with E-state index in [4.69, 9.17) is 11.6 Å². The average molecular weight is 212 g/mol. The smallest absolute Gasteiger partial charge is 0.171 e. The van der Waals surface area contributed by atoms with Gasteiger partial charge in [-0.2, -0.15) is 0 Å². The number of pyridine rings is 1. The van der Waals surface area contributed by atoms with Crippen LogP contribution in [-0.2, 0) is 12.8 Å². The lowest BCUT2D eigenvalue weighted by molar-refractivity contribution is 0.470. The van der Waals surface area contributed by atoms with Gasteiger partial charge in [0.1, 0.15) is 0 Å². The first-order valence-corrected chi connectivity index (χ1v) is 5.52. The predicted molar refractivity (Wildman–Crippen MR) is 56.8 cm³/mol. The highest BCUT2D eigenvalue weighted by atomic mass is 35.5. The molecular formula is C11H14ClNO. The third-order valence-corrected chi connectivity index (χ3v) is 3.01. The molecule has 0 spiro atoms. The number of aromatic hydroxyl groups is 1. The number of halogens is 1. The summed E-state index contributed by atoms with van der Waals surface area (Å²) in [5, 5.41) is 9.68. The van der Waals surface area contributed by atoms with Crippen molar-refractivity contribution in [3.63, 3.8) is 0 Å². The molecule has 3 heteroatoms. The number of hydrogen-bond acceptors (Lipinski definition) is 2. The summed E-state index contributed by atoms with van der Waals surface area (Å²) in [6, 6.07) is 1.77. The Labute approximate surface area is 88.9 Å². The maximum absolute atomic E-state index is 9.44.